The quantitative estimate of drug-likeness (QED) is 0.218. The average molecular weight is 584 g/mol. The second kappa shape index (κ2) is 13.0. The third kappa shape index (κ3) is 6.24. The van der Waals surface area contributed by atoms with Gasteiger partial charge in [-0.2, -0.15) is 0 Å². The SMILES string of the molecule is CNCO[C@@H]1CC(=O)CCc2ccc(O)c(OC)c2-c2ccc3ccc(O)cc3c2[C@H]2CC[C@H]1C[C@@H](O)CSS2. The van der Waals surface area contributed by atoms with Gasteiger partial charge in [-0.15, -0.1) is 0 Å². The number of hydrogen-bond donors (Lipinski definition) is 4. The molecule has 5 rings (SSSR count). The number of carbonyl (C=O) groups excluding carboxylic acids is 1. The number of rotatable bonds is 4. The number of benzene rings is 3. The predicted molar refractivity (Wildman–Crippen MR) is 162 cm³/mol. The van der Waals surface area contributed by atoms with Crippen molar-refractivity contribution in [3.05, 3.63) is 53.6 Å². The van der Waals surface area contributed by atoms with Crippen LogP contribution < -0.4 is 10.1 Å². The van der Waals surface area contributed by atoms with E-state index in [2.05, 4.69) is 11.4 Å². The lowest BCUT2D eigenvalue weighted by Crippen LogP contribution is -2.33. The second-order valence-electron chi connectivity index (χ2n) is 10.6. The van der Waals surface area contributed by atoms with Gasteiger partial charge in [0, 0.05) is 29.4 Å². The van der Waals surface area contributed by atoms with E-state index in [0.717, 1.165) is 45.9 Å². The van der Waals surface area contributed by atoms with E-state index in [9.17, 15) is 20.1 Å². The molecule has 9 heteroatoms. The Morgan fingerprint density at radius 1 is 1.07 bits per heavy atom. The number of ether oxygens (including phenoxy) is 2. The maximum atomic E-state index is 13.3. The Kier molecular flexibility index (Phi) is 9.48. The second-order valence-corrected chi connectivity index (χ2v) is 13.2. The summed E-state index contributed by atoms with van der Waals surface area (Å²) < 4.78 is 12.0. The molecule has 0 amide bonds. The first-order valence-corrected chi connectivity index (χ1v) is 16.2. The van der Waals surface area contributed by atoms with Crippen molar-refractivity contribution < 1.29 is 29.6 Å². The van der Waals surface area contributed by atoms with Gasteiger partial charge in [-0.05, 0) is 84.3 Å². The lowest BCUT2D eigenvalue weighted by molar-refractivity contribution is -0.123. The van der Waals surface area contributed by atoms with Crippen molar-refractivity contribution in [2.75, 3.05) is 26.6 Å². The Labute approximate surface area is 243 Å². The maximum absolute atomic E-state index is 13.3. The highest BCUT2D eigenvalue weighted by Crippen LogP contribution is 2.52. The highest BCUT2D eigenvalue weighted by Gasteiger charge is 2.33. The van der Waals surface area contributed by atoms with Crippen molar-refractivity contribution in [1.82, 2.24) is 5.32 Å². The van der Waals surface area contributed by atoms with Crippen LogP contribution >= 0.6 is 21.6 Å². The molecule has 4 N–H and O–H groups in total. The molecule has 7 nitrogen and oxygen atoms in total. The number of nitrogens with one attached hydrogen (secondary N) is 1. The molecule has 1 saturated heterocycles. The summed E-state index contributed by atoms with van der Waals surface area (Å²) in [5, 5.41) is 37.3. The number of aliphatic hydroxyl groups excluding tert-OH is 1. The Balaban J connectivity index is 1.76. The number of hydrogen-bond acceptors (Lipinski definition) is 9. The van der Waals surface area contributed by atoms with Crippen LogP contribution in [0.4, 0.5) is 0 Å². The predicted octanol–water partition coefficient (Wildman–Crippen LogP) is 5.98. The Morgan fingerprint density at radius 2 is 1.90 bits per heavy atom. The molecule has 40 heavy (non-hydrogen) atoms. The molecular weight excluding hydrogens is 546 g/mol. The highest BCUT2D eigenvalue weighted by atomic mass is 33.1. The van der Waals surface area contributed by atoms with Crippen LogP contribution in [-0.2, 0) is 16.0 Å². The summed E-state index contributed by atoms with van der Waals surface area (Å²) in [7, 11) is 6.75. The summed E-state index contributed by atoms with van der Waals surface area (Å²) >= 11 is 0. The summed E-state index contributed by atoms with van der Waals surface area (Å²) in [5.74, 6) is 1.30. The van der Waals surface area contributed by atoms with E-state index >= 15 is 0 Å². The van der Waals surface area contributed by atoms with E-state index in [0.29, 0.717) is 43.9 Å². The Bertz CT molecular complexity index is 1370. The molecule has 3 aromatic carbocycles. The summed E-state index contributed by atoms with van der Waals surface area (Å²) in [6.07, 6.45) is 2.45. The molecule has 4 atom stereocenters. The molecule has 1 fully saturated rings. The largest absolute Gasteiger partial charge is 0.508 e. The topological polar surface area (TPSA) is 108 Å². The number of ketones is 1. The molecule has 3 aromatic rings. The van der Waals surface area contributed by atoms with Crippen molar-refractivity contribution >= 4 is 38.1 Å². The smallest absolute Gasteiger partial charge is 0.168 e. The van der Waals surface area contributed by atoms with Crippen molar-refractivity contribution in [1.29, 1.82) is 0 Å². The van der Waals surface area contributed by atoms with Gasteiger partial charge in [0.1, 0.15) is 11.5 Å². The molecule has 0 aromatic heterocycles. The van der Waals surface area contributed by atoms with E-state index in [1.54, 1.807) is 40.8 Å². The van der Waals surface area contributed by atoms with Gasteiger partial charge in [-0.25, -0.2) is 0 Å². The number of methoxy groups -OCH3 is 1. The Hall–Kier alpha value is -2.43. The minimum absolute atomic E-state index is 0.0135. The van der Waals surface area contributed by atoms with Gasteiger partial charge in [-0.3, -0.25) is 10.1 Å². The van der Waals surface area contributed by atoms with Crippen LogP contribution in [0, 0.1) is 5.92 Å². The van der Waals surface area contributed by atoms with Gasteiger partial charge >= 0.3 is 0 Å². The van der Waals surface area contributed by atoms with Gasteiger partial charge in [0.15, 0.2) is 11.5 Å². The van der Waals surface area contributed by atoms with E-state index in [4.69, 9.17) is 9.47 Å². The fourth-order valence-corrected chi connectivity index (χ4v) is 8.95. The van der Waals surface area contributed by atoms with Crippen molar-refractivity contribution in [2.24, 2.45) is 5.92 Å². The number of Topliss-reactive ketones (excluding diaryl/α,β-unsaturated/α-hetero) is 1. The number of fused-ring (bicyclic) bond motifs is 9. The van der Waals surface area contributed by atoms with Gasteiger partial charge in [0.05, 0.1) is 26.0 Å². The molecule has 1 aliphatic carbocycles. The zero-order valence-corrected chi connectivity index (χ0v) is 24.5. The third-order valence-corrected chi connectivity index (χ3v) is 10.8. The monoisotopic (exact) mass is 583 g/mol. The summed E-state index contributed by atoms with van der Waals surface area (Å²) in [6.45, 7) is 0.337. The van der Waals surface area contributed by atoms with Crippen LogP contribution in [0.1, 0.15) is 48.5 Å². The fourth-order valence-electron chi connectivity index (χ4n) is 6.05. The Morgan fingerprint density at radius 3 is 2.70 bits per heavy atom. The van der Waals surface area contributed by atoms with Crippen LogP contribution in [0.2, 0.25) is 0 Å². The number of phenols is 2. The van der Waals surface area contributed by atoms with Crippen molar-refractivity contribution in [3.8, 4) is 28.4 Å². The van der Waals surface area contributed by atoms with Crippen molar-refractivity contribution in [3.63, 3.8) is 0 Å². The van der Waals surface area contributed by atoms with E-state index in [-0.39, 0.29) is 34.6 Å². The lowest BCUT2D eigenvalue weighted by atomic mass is 9.85. The average Bonchev–Trinajstić information content (AvgIpc) is 3.03. The summed E-state index contributed by atoms with van der Waals surface area (Å²) in [4.78, 5) is 13.3. The van der Waals surface area contributed by atoms with E-state index in [1.165, 1.54) is 0 Å². The standard InChI is InChI=1S/C31H37NO6S2/c1-32-17-38-27-15-22(34)9-4-19-6-11-26(36)31(37-2)29(19)24-10-5-18-3-8-21(33)14-25(18)30(24)28-12-7-20(27)13-23(35)16-39-40-28/h3,5-6,8,10-11,14,20,23,27-28,32-33,35-36H,4,7,9,12-13,15-17H2,1-2H3/t20-,23+,27+,28+/m0/s1. The summed E-state index contributed by atoms with van der Waals surface area (Å²) in [5.41, 5.74) is 3.68. The molecule has 1 aliphatic heterocycles. The number of aryl methyl sites for hydroxylation is 1. The van der Waals surface area contributed by atoms with Crippen LogP contribution in [0.15, 0.2) is 42.5 Å². The molecule has 0 saturated carbocycles. The minimum Gasteiger partial charge on any atom is -0.508 e. The maximum Gasteiger partial charge on any atom is 0.168 e. The minimum atomic E-state index is -0.501. The molecule has 214 valence electrons. The van der Waals surface area contributed by atoms with Crippen LogP contribution in [-0.4, -0.2) is 60.0 Å². The van der Waals surface area contributed by atoms with Crippen LogP contribution in [0.25, 0.3) is 21.9 Å². The molecular formula is C31H37NO6S2. The molecule has 2 aliphatic rings. The zero-order chi connectivity index (χ0) is 28.2. The van der Waals surface area contributed by atoms with E-state index < -0.39 is 6.10 Å². The van der Waals surface area contributed by atoms with Crippen LogP contribution in [0.5, 0.6) is 17.2 Å². The fraction of sp³-hybridized carbons (Fsp3) is 0.452. The van der Waals surface area contributed by atoms with Gasteiger partial charge in [-0.1, -0.05) is 45.9 Å². The summed E-state index contributed by atoms with van der Waals surface area (Å²) in [6, 6.07) is 13.0. The lowest BCUT2D eigenvalue weighted by Gasteiger charge is -2.29. The highest BCUT2D eigenvalue weighted by molar-refractivity contribution is 8.76. The normalized spacial score (nSPS) is 24.0. The third-order valence-electron chi connectivity index (χ3n) is 7.95. The number of aliphatic hydroxyl groups is 1. The molecule has 2 bridgehead atoms. The number of aromatic hydroxyl groups is 2. The van der Waals surface area contributed by atoms with E-state index in [1.807, 2.05) is 31.3 Å². The molecule has 1 heterocycles. The first-order chi connectivity index (χ1) is 19.4. The number of phenolic OH excluding ortho intramolecular Hbond substituents is 2. The molecule has 0 unspecified atom stereocenters. The molecule has 0 spiro atoms. The van der Waals surface area contributed by atoms with Crippen molar-refractivity contribution in [2.45, 2.75) is 56.0 Å². The number of carbonyl (C=O) groups is 1. The molecule has 0 radical (unpaired) electrons. The first kappa shape index (κ1) is 29.1. The van der Waals surface area contributed by atoms with Crippen LogP contribution in [0.3, 0.4) is 0 Å². The van der Waals surface area contributed by atoms with Gasteiger partial charge in [0.25, 0.3) is 0 Å². The zero-order valence-electron chi connectivity index (χ0n) is 22.9. The van der Waals surface area contributed by atoms with Gasteiger partial charge in [0.2, 0.25) is 0 Å². The first-order valence-electron chi connectivity index (χ1n) is 13.8. The van der Waals surface area contributed by atoms with Gasteiger partial charge < -0.3 is 24.8 Å².